The average molecular weight is 291 g/mol. The Morgan fingerprint density at radius 2 is 2.19 bits per heavy atom. The van der Waals surface area contributed by atoms with Crippen LogP contribution in [0.5, 0.6) is 0 Å². The standard InChI is InChI=1S/C16H25N3O2/c1-5-21-14-9-13(16(14,3)4)18-15(20)11-6-7-12(19-17)10(2)8-11/h6-8,13-14,19H,5,9,17H2,1-4H3,(H,18,20). The molecule has 5 nitrogen and oxygen atoms in total. The van der Waals surface area contributed by atoms with Crippen molar-refractivity contribution in [3.8, 4) is 0 Å². The monoisotopic (exact) mass is 291 g/mol. The van der Waals surface area contributed by atoms with Crippen molar-refractivity contribution in [1.82, 2.24) is 5.32 Å². The summed E-state index contributed by atoms with van der Waals surface area (Å²) in [7, 11) is 0. The van der Waals surface area contributed by atoms with E-state index in [4.69, 9.17) is 10.6 Å². The van der Waals surface area contributed by atoms with Crippen molar-refractivity contribution in [2.24, 2.45) is 11.3 Å². The summed E-state index contributed by atoms with van der Waals surface area (Å²) in [6.45, 7) is 8.90. The number of nitrogen functional groups attached to an aromatic ring is 1. The summed E-state index contributed by atoms with van der Waals surface area (Å²) in [5.74, 6) is 5.36. The van der Waals surface area contributed by atoms with Gasteiger partial charge < -0.3 is 15.5 Å². The molecule has 1 amide bonds. The molecular weight excluding hydrogens is 266 g/mol. The zero-order chi connectivity index (χ0) is 15.6. The van der Waals surface area contributed by atoms with Gasteiger partial charge in [0.05, 0.1) is 11.8 Å². The molecule has 0 bridgehead atoms. The summed E-state index contributed by atoms with van der Waals surface area (Å²) in [5, 5.41) is 3.11. The fourth-order valence-electron chi connectivity index (χ4n) is 2.82. The topological polar surface area (TPSA) is 76.4 Å². The highest BCUT2D eigenvalue weighted by molar-refractivity contribution is 5.95. The Bertz CT molecular complexity index is 528. The third-order valence-electron chi connectivity index (χ3n) is 4.50. The lowest BCUT2D eigenvalue weighted by Crippen LogP contribution is -2.62. The zero-order valence-corrected chi connectivity index (χ0v) is 13.2. The predicted molar refractivity (Wildman–Crippen MR) is 84.1 cm³/mol. The normalized spacial score (nSPS) is 23.3. The van der Waals surface area contributed by atoms with Crippen molar-refractivity contribution in [3.63, 3.8) is 0 Å². The van der Waals surface area contributed by atoms with Gasteiger partial charge in [-0.25, -0.2) is 0 Å². The van der Waals surface area contributed by atoms with Crippen molar-refractivity contribution in [2.45, 2.75) is 46.3 Å². The quantitative estimate of drug-likeness (QED) is 0.574. The van der Waals surface area contributed by atoms with E-state index in [9.17, 15) is 4.79 Å². The van der Waals surface area contributed by atoms with Crippen molar-refractivity contribution < 1.29 is 9.53 Å². The summed E-state index contributed by atoms with van der Waals surface area (Å²) in [6.07, 6.45) is 1.09. The molecule has 0 radical (unpaired) electrons. The van der Waals surface area contributed by atoms with Crippen molar-refractivity contribution in [1.29, 1.82) is 0 Å². The van der Waals surface area contributed by atoms with Crippen LogP contribution in [0.2, 0.25) is 0 Å². The molecule has 1 aliphatic carbocycles. The fraction of sp³-hybridized carbons (Fsp3) is 0.562. The van der Waals surface area contributed by atoms with Crippen molar-refractivity contribution in [2.75, 3.05) is 12.0 Å². The van der Waals surface area contributed by atoms with Gasteiger partial charge in [-0.2, -0.15) is 0 Å². The fourth-order valence-corrected chi connectivity index (χ4v) is 2.82. The van der Waals surface area contributed by atoms with E-state index in [1.54, 1.807) is 6.07 Å². The lowest BCUT2D eigenvalue weighted by atomic mass is 9.64. The van der Waals surface area contributed by atoms with E-state index in [1.807, 2.05) is 26.0 Å². The number of anilines is 1. The molecule has 0 spiro atoms. The highest BCUT2D eigenvalue weighted by atomic mass is 16.5. The Morgan fingerprint density at radius 3 is 2.71 bits per heavy atom. The predicted octanol–water partition coefficient (Wildman–Crippen LogP) is 2.21. The van der Waals surface area contributed by atoms with Crippen LogP contribution in [0.25, 0.3) is 0 Å². The summed E-state index contributed by atoms with van der Waals surface area (Å²) >= 11 is 0. The largest absolute Gasteiger partial charge is 0.378 e. The first kappa shape index (κ1) is 15.8. The lowest BCUT2D eigenvalue weighted by Gasteiger charge is -2.51. The zero-order valence-electron chi connectivity index (χ0n) is 13.2. The van der Waals surface area contributed by atoms with Gasteiger partial charge in [0.2, 0.25) is 0 Å². The smallest absolute Gasteiger partial charge is 0.251 e. The molecule has 5 heteroatoms. The minimum Gasteiger partial charge on any atom is -0.378 e. The van der Waals surface area contributed by atoms with Gasteiger partial charge in [0.1, 0.15) is 0 Å². The maximum Gasteiger partial charge on any atom is 0.251 e. The van der Waals surface area contributed by atoms with E-state index in [2.05, 4.69) is 24.6 Å². The molecule has 0 saturated heterocycles. The molecule has 116 valence electrons. The van der Waals surface area contributed by atoms with Crippen LogP contribution in [0.3, 0.4) is 0 Å². The Morgan fingerprint density at radius 1 is 1.48 bits per heavy atom. The number of nitrogens with one attached hydrogen (secondary N) is 2. The Labute approximate surface area is 126 Å². The van der Waals surface area contributed by atoms with Crippen LogP contribution < -0.4 is 16.6 Å². The van der Waals surface area contributed by atoms with Gasteiger partial charge in [-0.05, 0) is 44.0 Å². The van der Waals surface area contributed by atoms with Crippen LogP contribution in [0.1, 0.15) is 43.1 Å². The third kappa shape index (κ3) is 3.04. The number of carbonyl (C=O) groups excluding carboxylic acids is 1. The molecule has 1 aromatic carbocycles. The highest BCUT2D eigenvalue weighted by Crippen LogP contribution is 2.42. The first-order valence-electron chi connectivity index (χ1n) is 7.39. The summed E-state index contributed by atoms with van der Waals surface area (Å²) in [4.78, 5) is 12.3. The van der Waals surface area contributed by atoms with Gasteiger partial charge in [-0.1, -0.05) is 13.8 Å². The Balaban J connectivity index is 2.01. The summed E-state index contributed by atoms with van der Waals surface area (Å²) < 4.78 is 5.69. The molecule has 2 atom stereocenters. The Hall–Kier alpha value is -1.59. The molecule has 2 rings (SSSR count). The number of hydrogen-bond acceptors (Lipinski definition) is 4. The van der Waals surface area contributed by atoms with E-state index in [1.165, 1.54) is 0 Å². The molecule has 21 heavy (non-hydrogen) atoms. The van der Waals surface area contributed by atoms with Gasteiger partial charge in [-0.3, -0.25) is 10.6 Å². The first-order valence-corrected chi connectivity index (χ1v) is 7.39. The van der Waals surface area contributed by atoms with Gasteiger partial charge in [0.15, 0.2) is 0 Å². The van der Waals surface area contributed by atoms with Crippen LogP contribution >= 0.6 is 0 Å². The van der Waals surface area contributed by atoms with Crippen LogP contribution in [0.15, 0.2) is 18.2 Å². The van der Waals surface area contributed by atoms with Crippen molar-refractivity contribution >= 4 is 11.6 Å². The SMILES string of the molecule is CCOC1CC(NC(=O)c2ccc(NN)c(C)c2)C1(C)C. The number of carbonyl (C=O) groups is 1. The molecule has 1 fully saturated rings. The van der Waals surface area contributed by atoms with Gasteiger partial charge >= 0.3 is 0 Å². The number of aryl methyl sites for hydroxylation is 1. The van der Waals surface area contributed by atoms with Crippen LogP contribution in [-0.2, 0) is 4.74 Å². The number of ether oxygens (including phenoxy) is 1. The Kier molecular flexibility index (Phi) is 4.54. The van der Waals surface area contributed by atoms with Crippen molar-refractivity contribution in [3.05, 3.63) is 29.3 Å². The van der Waals surface area contributed by atoms with Gasteiger partial charge in [0, 0.05) is 23.6 Å². The molecule has 2 unspecified atom stereocenters. The van der Waals surface area contributed by atoms with E-state index in [0.29, 0.717) is 12.2 Å². The first-order chi connectivity index (χ1) is 9.90. The number of hydrazine groups is 1. The second-order valence-corrected chi connectivity index (χ2v) is 6.20. The number of benzene rings is 1. The van der Waals surface area contributed by atoms with Gasteiger partial charge in [0.25, 0.3) is 5.91 Å². The van der Waals surface area contributed by atoms with E-state index in [-0.39, 0.29) is 23.5 Å². The van der Waals surface area contributed by atoms with Crippen LogP contribution in [0, 0.1) is 12.3 Å². The second-order valence-electron chi connectivity index (χ2n) is 6.20. The molecule has 0 heterocycles. The molecule has 0 aromatic heterocycles. The van der Waals surface area contributed by atoms with Gasteiger partial charge in [-0.15, -0.1) is 0 Å². The molecule has 0 aliphatic heterocycles. The minimum atomic E-state index is -0.0466. The van der Waals surface area contributed by atoms with E-state index in [0.717, 1.165) is 17.7 Å². The molecule has 4 N–H and O–H groups in total. The number of rotatable bonds is 5. The highest BCUT2D eigenvalue weighted by Gasteiger charge is 2.49. The molecule has 1 aromatic rings. The van der Waals surface area contributed by atoms with E-state index >= 15 is 0 Å². The maximum atomic E-state index is 12.3. The summed E-state index contributed by atoms with van der Waals surface area (Å²) in [5.41, 5.74) is 5.01. The number of nitrogens with two attached hydrogens (primary N) is 1. The molecule has 1 aliphatic rings. The summed E-state index contributed by atoms with van der Waals surface area (Å²) in [6, 6.07) is 5.59. The van der Waals surface area contributed by atoms with E-state index < -0.39 is 0 Å². The third-order valence-corrected chi connectivity index (χ3v) is 4.50. The second kappa shape index (κ2) is 6.03. The average Bonchev–Trinajstić information content (AvgIpc) is 2.46. The molecular formula is C16H25N3O2. The number of amides is 1. The van der Waals surface area contributed by atoms with Crippen LogP contribution in [-0.4, -0.2) is 24.7 Å². The van der Waals surface area contributed by atoms with Crippen LogP contribution in [0.4, 0.5) is 5.69 Å². The lowest BCUT2D eigenvalue weighted by molar-refractivity contribution is -0.111. The maximum absolute atomic E-state index is 12.3. The minimum absolute atomic E-state index is 0.0283. The number of hydrogen-bond donors (Lipinski definition) is 3. The molecule has 1 saturated carbocycles.